The summed E-state index contributed by atoms with van der Waals surface area (Å²) in [7, 11) is 0. The molecule has 0 saturated heterocycles. The first-order valence-electron chi connectivity index (χ1n) is 7.68. The summed E-state index contributed by atoms with van der Waals surface area (Å²) in [5, 5.41) is 4.59. The van der Waals surface area contributed by atoms with Gasteiger partial charge in [0.2, 0.25) is 0 Å². The zero-order valence-corrected chi connectivity index (χ0v) is 14.8. The molecular weight excluding hydrogens is 340 g/mol. The first-order chi connectivity index (χ1) is 12.0. The topological polar surface area (TPSA) is 86.4 Å². The highest BCUT2D eigenvalue weighted by molar-refractivity contribution is 7.20. The average Bonchev–Trinajstić information content (AvgIpc) is 2.92. The van der Waals surface area contributed by atoms with Crippen molar-refractivity contribution >= 4 is 33.7 Å². The fraction of sp³-hybridized carbons (Fsp3) is 0.235. The Hall–Kier alpha value is -2.87. The van der Waals surface area contributed by atoms with Gasteiger partial charge in [0.25, 0.3) is 5.56 Å². The van der Waals surface area contributed by atoms with Crippen LogP contribution in [0.3, 0.4) is 0 Å². The molecule has 0 aliphatic heterocycles. The van der Waals surface area contributed by atoms with E-state index < -0.39 is 5.97 Å². The minimum atomic E-state index is -0.441. The molecule has 7 nitrogen and oxygen atoms in total. The Bertz CT molecular complexity index is 1020. The quantitative estimate of drug-likeness (QED) is 0.530. The maximum atomic E-state index is 12.8. The fourth-order valence-corrected chi connectivity index (χ4v) is 3.48. The summed E-state index contributed by atoms with van der Waals surface area (Å²) < 4.78 is 6.25. The number of nitrogens with zero attached hydrogens (tertiary/aromatic N) is 4. The lowest BCUT2D eigenvalue weighted by Gasteiger charge is -2.03. The van der Waals surface area contributed by atoms with Crippen LogP contribution in [-0.4, -0.2) is 33.4 Å². The van der Waals surface area contributed by atoms with Gasteiger partial charge in [0.05, 0.1) is 23.9 Å². The molecule has 3 aromatic heterocycles. The first kappa shape index (κ1) is 17.0. The predicted octanol–water partition coefficient (Wildman–Crippen LogP) is 2.53. The third-order valence-electron chi connectivity index (χ3n) is 3.56. The molecule has 0 saturated carbocycles. The largest absolute Gasteiger partial charge is 0.462 e. The molecule has 3 heterocycles. The van der Waals surface area contributed by atoms with Crippen LogP contribution in [0.5, 0.6) is 0 Å². The zero-order chi connectivity index (χ0) is 18.0. The van der Waals surface area contributed by atoms with Gasteiger partial charge in [0.15, 0.2) is 0 Å². The number of fused-ring (bicyclic) bond motifs is 1. The summed E-state index contributed by atoms with van der Waals surface area (Å²) >= 11 is 1.16. The smallest absolute Gasteiger partial charge is 0.348 e. The van der Waals surface area contributed by atoms with E-state index in [2.05, 4.69) is 15.1 Å². The van der Waals surface area contributed by atoms with Gasteiger partial charge in [-0.25, -0.2) is 9.78 Å². The van der Waals surface area contributed by atoms with Crippen molar-refractivity contribution in [2.24, 2.45) is 5.10 Å². The SMILES string of the molecule is CCOC(=O)c1sc2nc(C)n(N=Cc3ccccn3)c(=O)c2c1C. The van der Waals surface area contributed by atoms with E-state index in [1.54, 1.807) is 39.1 Å². The van der Waals surface area contributed by atoms with E-state index in [1.807, 2.05) is 6.07 Å². The van der Waals surface area contributed by atoms with Crippen LogP contribution >= 0.6 is 11.3 Å². The van der Waals surface area contributed by atoms with Gasteiger partial charge >= 0.3 is 5.97 Å². The summed E-state index contributed by atoms with van der Waals surface area (Å²) in [5.41, 5.74) is 0.875. The molecule has 0 aliphatic carbocycles. The monoisotopic (exact) mass is 356 g/mol. The lowest BCUT2D eigenvalue weighted by atomic mass is 10.2. The standard InChI is InChI=1S/C17H16N4O3S/c1-4-24-17(23)14-10(2)13-15(25-14)20-11(3)21(16(13)22)19-9-12-7-5-6-8-18-12/h5-9H,4H2,1-3H3. The second-order valence-corrected chi connectivity index (χ2v) is 6.23. The Morgan fingerprint density at radius 1 is 1.40 bits per heavy atom. The number of carbonyl (C=O) groups excluding carboxylic acids is 1. The van der Waals surface area contributed by atoms with Crippen LogP contribution in [-0.2, 0) is 4.74 Å². The van der Waals surface area contributed by atoms with Crippen molar-refractivity contribution in [1.82, 2.24) is 14.6 Å². The van der Waals surface area contributed by atoms with Crippen LogP contribution in [0.15, 0.2) is 34.3 Å². The molecule has 0 amide bonds. The number of esters is 1. The van der Waals surface area contributed by atoms with Gasteiger partial charge in [-0.05, 0) is 38.5 Å². The number of rotatable bonds is 4. The molecule has 0 aromatic carbocycles. The molecule has 0 atom stereocenters. The minimum absolute atomic E-state index is 0.275. The van der Waals surface area contributed by atoms with Crippen molar-refractivity contribution in [3.63, 3.8) is 0 Å². The van der Waals surface area contributed by atoms with Gasteiger partial charge < -0.3 is 4.74 Å². The van der Waals surface area contributed by atoms with E-state index in [9.17, 15) is 9.59 Å². The zero-order valence-electron chi connectivity index (χ0n) is 14.0. The van der Waals surface area contributed by atoms with Gasteiger partial charge in [0, 0.05) is 6.20 Å². The summed E-state index contributed by atoms with van der Waals surface area (Å²) in [5.74, 6) is -0.00932. The average molecular weight is 356 g/mol. The van der Waals surface area contributed by atoms with Crippen LogP contribution in [0.2, 0.25) is 0 Å². The van der Waals surface area contributed by atoms with Crippen molar-refractivity contribution in [2.75, 3.05) is 6.61 Å². The summed E-state index contributed by atoms with van der Waals surface area (Å²) in [6.07, 6.45) is 3.14. The molecule has 0 radical (unpaired) electrons. The number of aryl methyl sites for hydroxylation is 2. The Balaban J connectivity index is 2.12. The lowest BCUT2D eigenvalue weighted by molar-refractivity contribution is 0.0531. The molecule has 3 aromatic rings. The molecule has 0 spiro atoms. The van der Waals surface area contributed by atoms with E-state index in [4.69, 9.17) is 4.74 Å². The number of hydrogen-bond donors (Lipinski definition) is 0. The highest BCUT2D eigenvalue weighted by Crippen LogP contribution is 2.28. The summed E-state index contributed by atoms with van der Waals surface area (Å²) in [6.45, 7) is 5.42. The van der Waals surface area contributed by atoms with Crippen molar-refractivity contribution in [1.29, 1.82) is 0 Å². The fourth-order valence-electron chi connectivity index (χ4n) is 2.37. The molecule has 8 heteroatoms. The van der Waals surface area contributed by atoms with Gasteiger partial charge in [-0.2, -0.15) is 9.78 Å². The van der Waals surface area contributed by atoms with E-state index in [0.717, 1.165) is 11.3 Å². The van der Waals surface area contributed by atoms with E-state index in [-0.39, 0.29) is 12.2 Å². The minimum Gasteiger partial charge on any atom is -0.462 e. The maximum Gasteiger partial charge on any atom is 0.348 e. The number of ether oxygens (including phenoxy) is 1. The Kier molecular flexibility index (Phi) is 4.71. The Morgan fingerprint density at radius 2 is 2.20 bits per heavy atom. The molecule has 0 N–H and O–H groups in total. The van der Waals surface area contributed by atoms with Crippen molar-refractivity contribution in [3.05, 3.63) is 56.7 Å². The number of hydrogen-bond acceptors (Lipinski definition) is 7. The molecule has 25 heavy (non-hydrogen) atoms. The van der Waals surface area contributed by atoms with Crippen LogP contribution in [0.4, 0.5) is 0 Å². The molecule has 0 unspecified atom stereocenters. The molecule has 3 rings (SSSR count). The van der Waals surface area contributed by atoms with Crippen molar-refractivity contribution in [2.45, 2.75) is 20.8 Å². The van der Waals surface area contributed by atoms with Gasteiger partial charge in [-0.1, -0.05) is 6.07 Å². The van der Waals surface area contributed by atoms with E-state index in [0.29, 0.717) is 32.2 Å². The molecular formula is C17H16N4O3S. The number of aromatic nitrogens is 3. The van der Waals surface area contributed by atoms with Gasteiger partial charge in [0.1, 0.15) is 15.5 Å². The van der Waals surface area contributed by atoms with Crippen LogP contribution < -0.4 is 5.56 Å². The molecule has 128 valence electrons. The van der Waals surface area contributed by atoms with Gasteiger partial charge in [-0.15, -0.1) is 11.3 Å². The summed E-state index contributed by atoms with van der Waals surface area (Å²) in [4.78, 5) is 34.3. The van der Waals surface area contributed by atoms with Crippen LogP contribution in [0, 0.1) is 13.8 Å². The third kappa shape index (κ3) is 3.20. The van der Waals surface area contributed by atoms with Crippen LogP contribution in [0.1, 0.15) is 33.7 Å². The third-order valence-corrected chi connectivity index (χ3v) is 4.72. The second-order valence-electron chi connectivity index (χ2n) is 5.23. The first-order valence-corrected chi connectivity index (χ1v) is 8.49. The Labute approximate surface area is 147 Å². The summed E-state index contributed by atoms with van der Waals surface area (Å²) in [6, 6.07) is 5.42. The normalized spacial score (nSPS) is 11.3. The van der Waals surface area contributed by atoms with E-state index in [1.165, 1.54) is 10.9 Å². The van der Waals surface area contributed by atoms with Crippen molar-refractivity contribution in [3.8, 4) is 0 Å². The lowest BCUT2D eigenvalue weighted by Crippen LogP contribution is -2.20. The number of thiophene rings is 1. The highest BCUT2D eigenvalue weighted by Gasteiger charge is 2.21. The van der Waals surface area contributed by atoms with E-state index >= 15 is 0 Å². The van der Waals surface area contributed by atoms with Gasteiger partial charge in [-0.3, -0.25) is 9.78 Å². The molecule has 0 aliphatic rings. The van der Waals surface area contributed by atoms with Crippen LogP contribution in [0.25, 0.3) is 10.2 Å². The maximum absolute atomic E-state index is 12.8. The van der Waals surface area contributed by atoms with Crippen molar-refractivity contribution < 1.29 is 9.53 Å². The number of pyridine rings is 1. The molecule has 0 bridgehead atoms. The highest BCUT2D eigenvalue weighted by atomic mass is 32.1. The Morgan fingerprint density at radius 3 is 2.88 bits per heavy atom. The second kappa shape index (κ2) is 6.94. The number of carbonyl (C=O) groups is 1. The predicted molar refractivity (Wildman–Crippen MR) is 96.5 cm³/mol. The molecule has 0 fully saturated rings.